The molecule has 0 heterocycles. The minimum absolute atomic E-state index is 0.304. The van der Waals surface area contributed by atoms with E-state index in [9.17, 15) is 4.39 Å². The quantitative estimate of drug-likeness (QED) is 0.544. The Labute approximate surface area is 88.9 Å². The van der Waals surface area contributed by atoms with Crippen molar-refractivity contribution in [1.29, 1.82) is 0 Å². The molecule has 0 aliphatic carbocycles. The van der Waals surface area contributed by atoms with Gasteiger partial charge in [0.15, 0.2) is 0 Å². The predicted molar refractivity (Wildman–Crippen MR) is 58.7 cm³/mol. The molecule has 3 N–H and O–H groups in total. The van der Waals surface area contributed by atoms with Gasteiger partial charge in [-0.3, -0.25) is 0 Å². The second kappa shape index (κ2) is 4.81. The topological polar surface area (TPSA) is 46.2 Å². The van der Waals surface area contributed by atoms with E-state index < -0.39 is 6.10 Å². The largest absolute Gasteiger partial charge is 0.398 e. The molecule has 0 spiro atoms. The fraction of sp³-hybridized carbons (Fsp3) is 0.333. The minimum Gasteiger partial charge on any atom is -0.398 e. The molecular weight excluding hydrogens is 193 g/mol. The fourth-order valence-corrected chi connectivity index (χ4v) is 1.19. The molecule has 0 bridgehead atoms. The first-order valence-corrected chi connectivity index (χ1v) is 4.82. The maximum atomic E-state index is 13.3. The van der Waals surface area contributed by atoms with E-state index >= 15 is 0 Å². The summed E-state index contributed by atoms with van der Waals surface area (Å²) in [6.07, 6.45) is -0.116. The summed E-state index contributed by atoms with van der Waals surface area (Å²) in [5, 5.41) is 9.00. The van der Waals surface area contributed by atoms with Crippen molar-refractivity contribution in [3.63, 3.8) is 0 Å². The first-order chi connectivity index (χ1) is 7.04. The highest BCUT2D eigenvalue weighted by molar-refractivity contribution is 5.57. The van der Waals surface area contributed by atoms with Crippen LogP contribution in [0.1, 0.15) is 25.0 Å². The second-order valence-corrected chi connectivity index (χ2v) is 3.33. The molecule has 1 aromatic rings. The number of nitrogen functional groups attached to an aromatic ring is 1. The van der Waals surface area contributed by atoms with Crippen molar-refractivity contribution in [2.75, 3.05) is 5.73 Å². The van der Waals surface area contributed by atoms with Crippen LogP contribution in [-0.2, 0) is 6.42 Å². The van der Waals surface area contributed by atoms with Gasteiger partial charge in [-0.05, 0) is 31.0 Å². The van der Waals surface area contributed by atoms with Crippen molar-refractivity contribution in [3.05, 3.63) is 29.1 Å². The molecule has 15 heavy (non-hydrogen) atoms. The zero-order valence-corrected chi connectivity index (χ0v) is 8.84. The standard InChI is InChI=1S/C12H14FNO/c1-3-9-6-10(5-4-8(2)15)12(14)7-11(9)13/h6-8,15H,3,14H2,1-2H3/t8-/m1/s1. The van der Waals surface area contributed by atoms with Gasteiger partial charge in [0.2, 0.25) is 0 Å². The minimum atomic E-state index is -0.709. The van der Waals surface area contributed by atoms with Crippen molar-refractivity contribution in [2.45, 2.75) is 26.4 Å². The Bertz CT molecular complexity index is 416. The zero-order chi connectivity index (χ0) is 11.4. The van der Waals surface area contributed by atoms with E-state index in [-0.39, 0.29) is 5.82 Å². The predicted octanol–water partition coefficient (Wildman–Crippen LogP) is 1.70. The molecular formula is C12H14FNO. The Morgan fingerprint density at radius 1 is 1.53 bits per heavy atom. The summed E-state index contributed by atoms with van der Waals surface area (Å²) < 4.78 is 13.3. The number of benzene rings is 1. The Morgan fingerprint density at radius 2 is 2.20 bits per heavy atom. The van der Waals surface area contributed by atoms with E-state index in [0.29, 0.717) is 23.2 Å². The number of hydrogen-bond donors (Lipinski definition) is 2. The molecule has 1 aromatic carbocycles. The van der Waals surface area contributed by atoms with Gasteiger partial charge in [0, 0.05) is 5.56 Å². The van der Waals surface area contributed by atoms with Crippen molar-refractivity contribution < 1.29 is 9.50 Å². The van der Waals surface area contributed by atoms with Crippen LogP contribution in [0.2, 0.25) is 0 Å². The molecule has 0 unspecified atom stereocenters. The van der Waals surface area contributed by atoms with E-state index in [1.165, 1.54) is 6.07 Å². The van der Waals surface area contributed by atoms with Gasteiger partial charge in [-0.15, -0.1) is 0 Å². The highest BCUT2D eigenvalue weighted by atomic mass is 19.1. The van der Waals surface area contributed by atoms with Crippen LogP contribution in [0, 0.1) is 17.7 Å². The second-order valence-electron chi connectivity index (χ2n) is 3.33. The third-order valence-corrected chi connectivity index (χ3v) is 2.02. The molecule has 1 atom stereocenters. The van der Waals surface area contributed by atoms with Gasteiger partial charge >= 0.3 is 0 Å². The third kappa shape index (κ3) is 2.97. The van der Waals surface area contributed by atoms with Gasteiger partial charge in [0.05, 0.1) is 5.69 Å². The molecule has 0 aromatic heterocycles. The summed E-state index contributed by atoms with van der Waals surface area (Å²) in [6.45, 7) is 3.42. The van der Waals surface area contributed by atoms with Gasteiger partial charge in [-0.2, -0.15) is 0 Å². The van der Waals surface area contributed by atoms with Gasteiger partial charge in [-0.1, -0.05) is 18.8 Å². The lowest BCUT2D eigenvalue weighted by Gasteiger charge is -2.04. The Balaban J connectivity index is 3.15. The number of aliphatic hydroxyl groups excluding tert-OH is 1. The van der Waals surface area contributed by atoms with Crippen LogP contribution in [-0.4, -0.2) is 11.2 Å². The molecule has 0 aliphatic heterocycles. The summed E-state index contributed by atoms with van der Waals surface area (Å²) >= 11 is 0. The number of nitrogens with two attached hydrogens (primary N) is 1. The van der Waals surface area contributed by atoms with Gasteiger partial charge in [0.1, 0.15) is 11.9 Å². The lowest BCUT2D eigenvalue weighted by molar-refractivity contribution is 0.253. The van der Waals surface area contributed by atoms with Crippen molar-refractivity contribution in [3.8, 4) is 11.8 Å². The van der Waals surface area contributed by atoms with Crippen LogP contribution in [0.25, 0.3) is 0 Å². The summed E-state index contributed by atoms with van der Waals surface area (Å²) in [5.74, 6) is 4.99. The molecule has 2 nitrogen and oxygen atoms in total. The Hall–Kier alpha value is -1.53. The number of aliphatic hydroxyl groups is 1. The first kappa shape index (κ1) is 11.5. The molecule has 3 heteroatoms. The van der Waals surface area contributed by atoms with E-state index in [4.69, 9.17) is 10.8 Å². The van der Waals surface area contributed by atoms with Crippen LogP contribution in [0.3, 0.4) is 0 Å². The number of anilines is 1. The van der Waals surface area contributed by atoms with Gasteiger partial charge in [0.25, 0.3) is 0 Å². The zero-order valence-electron chi connectivity index (χ0n) is 8.84. The molecule has 0 fully saturated rings. The Kier molecular flexibility index (Phi) is 3.70. The maximum absolute atomic E-state index is 13.3. The number of hydrogen-bond acceptors (Lipinski definition) is 2. The lowest BCUT2D eigenvalue weighted by Crippen LogP contribution is -1.98. The number of aryl methyl sites for hydroxylation is 1. The smallest absolute Gasteiger partial charge is 0.128 e. The molecule has 0 aliphatic rings. The van der Waals surface area contributed by atoms with E-state index in [2.05, 4.69) is 11.8 Å². The highest BCUT2D eigenvalue weighted by Crippen LogP contribution is 2.17. The van der Waals surface area contributed by atoms with Crippen LogP contribution < -0.4 is 5.73 Å². The van der Waals surface area contributed by atoms with Crippen LogP contribution in [0.4, 0.5) is 10.1 Å². The van der Waals surface area contributed by atoms with Crippen molar-refractivity contribution in [1.82, 2.24) is 0 Å². The highest BCUT2D eigenvalue weighted by Gasteiger charge is 2.04. The summed E-state index contributed by atoms with van der Waals surface area (Å²) in [7, 11) is 0. The molecule has 1 rings (SSSR count). The summed E-state index contributed by atoms with van der Waals surface area (Å²) in [6, 6.07) is 2.89. The average molecular weight is 207 g/mol. The average Bonchev–Trinajstić information content (AvgIpc) is 2.16. The van der Waals surface area contributed by atoms with Crippen LogP contribution >= 0.6 is 0 Å². The first-order valence-electron chi connectivity index (χ1n) is 4.82. The normalized spacial score (nSPS) is 11.7. The van der Waals surface area contributed by atoms with Crippen molar-refractivity contribution in [2.24, 2.45) is 0 Å². The molecule has 0 radical (unpaired) electrons. The molecule has 0 amide bonds. The summed E-state index contributed by atoms with van der Waals surface area (Å²) in [4.78, 5) is 0. The molecule has 0 saturated carbocycles. The van der Waals surface area contributed by atoms with Crippen LogP contribution in [0.5, 0.6) is 0 Å². The molecule has 80 valence electrons. The van der Waals surface area contributed by atoms with Gasteiger partial charge < -0.3 is 10.8 Å². The van der Waals surface area contributed by atoms with Gasteiger partial charge in [-0.25, -0.2) is 4.39 Å². The van der Waals surface area contributed by atoms with E-state index in [1.54, 1.807) is 13.0 Å². The Morgan fingerprint density at radius 3 is 2.73 bits per heavy atom. The fourth-order valence-electron chi connectivity index (χ4n) is 1.19. The van der Waals surface area contributed by atoms with Crippen molar-refractivity contribution >= 4 is 5.69 Å². The SMILES string of the molecule is CCc1cc(C#C[C@@H](C)O)c(N)cc1F. The monoisotopic (exact) mass is 207 g/mol. The number of halogens is 1. The lowest BCUT2D eigenvalue weighted by atomic mass is 10.1. The molecule has 0 saturated heterocycles. The maximum Gasteiger partial charge on any atom is 0.128 e. The van der Waals surface area contributed by atoms with Crippen LogP contribution in [0.15, 0.2) is 12.1 Å². The van der Waals surface area contributed by atoms with E-state index in [0.717, 1.165) is 0 Å². The third-order valence-electron chi connectivity index (χ3n) is 2.02. The van der Waals surface area contributed by atoms with E-state index in [1.807, 2.05) is 6.92 Å². The number of rotatable bonds is 1. The summed E-state index contributed by atoms with van der Waals surface area (Å²) in [5.41, 5.74) is 7.06.